The van der Waals surface area contributed by atoms with Crippen LogP contribution in [0.4, 0.5) is 0 Å². The van der Waals surface area contributed by atoms with Gasteiger partial charge >= 0.3 is 7.69 Å². The van der Waals surface area contributed by atoms with Gasteiger partial charge in [0.25, 0.3) is 0 Å². The van der Waals surface area contributed by atoms with Crippen molar-refractivity contribution in [3.8, 4) is 5.88 Å². The molecule has 4 nitrogen and oxygen atoms in total. The number of halogens is 1. The van der Waals surface area contributed by atoms with Gasteiger partial charge < -0.3 is 14.2 Å². The highest BCUT2D eigenvalue weighted by molar-refractivity contribution is 9.10. The molecule has 2 rings (SSSR count). The van der Waals surface area contributed by atoms with Gasteiger partial charge in [0.2, 0.25) is 0 Å². The second-order valence-electron chi connectivity index (χ2n) is 2.85. The van der Waals surface area contributed by atoms with Crippen LogP contribution in [0.15, 0.2) is 22.9 Å². The Labute approximate surface area is 89.9 Å². The van der Waals surface area contributed by atoms with Gasteiger partial charge in [0.05, 0.1) is 5.52 Å². The van der Waals surface area contributed by atoms with Gasteiger partial charge in [-0.1, -0.05) is 0 Å². The molecule has 14 heavy (non-hydrogen) atoms. The normalized spacial score (nSPS) is 10.5. The maximum Gasteiger partial charge on any atom is 0.505 e. The van der Waals surface area contributed by atoms with E-state index in [2.05, 4.69) is 20.9 Å². The molecular formula is C8H8BBrN2O2. The van der Waals surface area contributed by atoms with Crippen molar-refractivity contribution in [1.29, 1.82) is 0 Å². The molecule has 2 heterocycles. The molecule has 72 valence electrons. The first-order valence-corrected chi connectivity index (χ1v) is 4.87. The average molecular weight is 255 g/mol. The third kappa shape index (κ3) is 1.40. The summed E-state index contributed by atoms with van der Waals surface area (Å²) in [6.07, 6.45) is 1.72. The van der Waals surface area contributed by atoms with E-state index in [9.17, 15) is 0 Å². The predicted molar refractivity (Wildman–Crippen MR) is 58.4 cm³/mol. The topological polar surface area (TPSA) is 47.3 Å². The quantitative estimate of drug-likeness (QED) is 0.642. The highest BCUT2D eigenvalue weighted by Crippen LogP contribution is 2.28. The maximum absolute atomic E-state index is 8.68. The Balaban J connectivity index is 2.67. The minimum atomic E-state index is -0.324. The number of hydrogen-bond donors (Lipinski definition) is 1. The third-order valence-electron chi connectivity index (χ3n) is 2.09. The lowest BCUT2D eigenvalue weighted by atomic mass is 10.3. The van der Waals surface area contributed by atoms with Crippen LogP contribution >= 0.6 is 15.9 Å². The Morgan fingerprint density at radius 3 is 3.07 bits per heavy atom. The van der Waals surface area contributed by atoms with E-state index in [4.69, 9.17) is 9.68 Å². The average Bonchev–Trinajstić information content (AvgIpc) is 2.48. The molecule has 2 aromatic heterocycles. The van der Waals surface area contributed by atoms with E-state index in [1.165, 1.54) is 0 Å². The molecule has 0 atom stereocenters. The molecule has 2 aromatic rings. The predicted octanol–water partition coefficient (Wildman–Crippen LogP) is 0.973. The van der Waals surface area contributed by atoms with Crippen molar-refractivity contribution in [3.63, 3.8) is 0 Å². The molecule has 0 amide bonds. The highest BCUT2D eigenvalue weighted by Gasteiger charge is 2.09. The Hall–Kier alpha value is -1.01. The summed E-state index contributed by atoms with van der Waals surface area (Å²) in [7, 11) is 1.55. The fraction of sp³-hybridized carbons (Fsp3) is 0.125. The fourth-order valence-electron chi connectivity index (χ4n) is 1.41. The zero-order valence-electron chi connectivity index (χ0n) is 7.57. The molecule has 0 bridgehead atoms. The van der Waals surface area contributed by atoms with Crippen LogP contribution in [0, 0.1) is 0 Å². The van der Waals surface area contributed by atoms with E-state index in [1.807, 2.05) is 23.7 Å². The minimum absolute atomic E-state index is 0.324. The number of pyridine rings is 1. The Bertz CT molecular complexity index is 472. The zero-order valence-corrected chi connectivity index (χ0v) is 9.15. The summed E-state index contributed by atoms with van der Waals surface area (Å²) in [5.41, 5.74) is 1.01. The van der Waals surface area contributed by atoms with E-state index >= 15 is 0 Å². The zero-order chi connectivity index (χ0) is 10.1. The van der Waals surface area contributed by atoms with Gasteiger partial charge in [-0.3, -0.25) is 0 Å². The summed E-state index contributed by atoms with van der Waals surface area (Å²) in [5, 5.41) is 9.65. The van der Waals surface area contributed by atoms with Crippen molar-refractivity contribution in [1.82, 2.24) is 9.55 Å². The van der Waals surface area contributed by atoms with Gasteiger partial charge in [0.1, 0.15) is 4.60 Å². The van der Waals surface area contributed by atoms with E-state index in [-0.39, 0.29) is 7.69 Å². The van der Waals surface area contributed by atoms with Crippen LogP contribution in [-0.2, 0) is 7.05 Å². The lowest BCUT2D eigenvalue weighted by Gasteiger charge is -2.02. The molecule has 1 N–H and O–H groups in total. The molecule has 0 aliphatic rings. The third-order valence-corrected chi connectivity index (χ3v) is 2.72. The summed E-state index contributed by atoms with van der Waals surface area (Å²) in [4.78, 5) is 4.11. The minimum Gasteiger partial charge on any atom is -0.526 e. The maximum atomic E-state index is 8.68. The number of hydrogen-bond acceptors (Lipinski definition) is 3. The summed E-state index contributed by atoms with van der Waals surface area (Å²) in [6, 6.07) is 3.73. The standard InChI is InChI=1S/C8H8BBrN2O2/c1-12-6-2-3-11-8(10)5(6)4-7(12)14-9-13/h2-4,9,13H,1H3. The smallest absolute Gasteiger partial charge is 0.505 e. The molecule has 0 aliphatic heterocycles. The van der Waals surface area contributed by atoms with E-state index < -0.39 is 0 Å². The van der Waals surface area contributed by atoms with E-state index in [1.54, 1.807) is 6.20 Å². The molecule has 0 aliphatic carbocycles. The summed E-state index contributed by atoms with van der Waals surface area (Å²) >= 11 is 3.35. The molecule has 0 spiro atoms. The van der Waals surface area contributed by atoms with Crippen LogP contribution in [0.5, 0.6) is 5.88 Å². The van der Waals surface area contributed by atoms with Crippen LogP contribution < -0.4 is 4.65 Å². The van der Waals surface area contributed by atoms with Crippen molar-refractivity contribution in [3.05, 3.63) is 22.9 Å². The Morgan fingerprint density at radius 2 is 2.43 bits per heavy atom. The van der Waals surface area contributed by atoms with Crippen molar-refractivity contribution in [2.24, 2.45) is 7.05 Å². The fourth-order valence-corrected chi connectivity index (χ4v) is 1.84. The lowest BCUT2D eigenvalue weighted by molar-refractivity contribution is 0.433. The first-order chi connectivity index (χ1) is 6.74. The largest absolute Gasteiger partial charge is 0.526 e. The molecule has 0 saturated carbocycles. The van der Waals surface area contributed by atoms with Gasteiger partial charge in [-0.15, -0.1) is 0 Å². The summed E-state index contributed by atoms with van der Waals surface area (Å²) in [5.74, 6) is 0.621. The van der Waals surface area contributed by atoms with Gasteiger partial charge in [-0.05, 0) is 22.0 Å². The van der Waals surface area contributed by atoms with Crippen molar-refractivity contribution < 1.29 is 9.68 Å². The Morgan fingerprint density at radius 1 is 1.64 bits per heavy atom. The molecule has 0 radical (unpaired) electrons. The number of nitrogens with zero attached hydrogens (tertiary/aromatic N) is 2. The van der Waals surface area contributed by atoms with Gasteiger partial charge in [-0.25, -0.2) is 4.98 Å². The number of fused-ring (bicyclic) bond motifs is 1. The molecule has 0 unspecified atom stereocenters. The van der Waals surface area contributed by atoms with Crippen LogP contribution in [0.3, 0.4) is 0 Å². The first-order valence-electron chi connectivity index (χ1n) is 4.07. The lowest BCUT2D eigenvalue weighted by Crippen LogP contribution is -2.03. The van der Waals surface area contributed by atoms with Gasteiger partial charge in [0, 0.05) is 24.7 Å². The van der Waals surface area contributed by atoms with Gasteiger partial charge in [0.15, 0.2) is 5.88 Å². The highest BCUT2D eigenvalue weighted by atomic mass is 79.9. The van der Waals surface area contributed by atoms with Crippen molar-refractivity contribution in [2.45, 2.75) is 0 Å². The second-order valence-corrected chi connectivity index (χ2v) is 3.60. The number of aryl methyl sites for hydroxylation is 1. The van der Waals surface area contributed by atoms with Crippen LogP contribution in [0.1, 0.15) is 0 Å². The number of aromatic nitrogens is 2. The monoisotopic (exact) mass is 254 g/mol. The summed E-state index contributed by atoms with van der Waals surface area (Å²) in [6.45, 7) is 0. The molecule has 0 saturated heterocycles. The summed E-state index contributed by atoms with van der Waals surface area (Å²) < 4.78 is 7.68. The van der Waals surface area contributed by atoms with Gasteiger partial charge in [-0.2, -0.15) is 0 Å². The van der Waals surface area contributed by atoms with Crippen LogP contribution in [0.25, 0.3) is 10.9 Å². The SMILES string of the molecule is Cn1c(OBO)cc2c(Br)nccc21. The molecule has 0 aromatic carbocycles. The first kappa shape index (κ1) is 9.55. The van der Waals surface area contributed by atoms with Crippen LogP contribution in [-0.4, -0.2) is 22.3 Å². The molecule has 6 heteroatoms. The Kier molecular flexibility index (Phi) is 2.47. The van der Waals surface area contributed by atoms with E-state index in [0.29, 0.717) is 5.88 Å². The number of rotatable bonds is 2. The second kappa shape index (κ2) is 3.63. The molecule has 0 fully saturated rings. The van der Waals surface area contributed by atoms with E-state index in [0.717, 1.165) is 15.5 Å². The van der Waals surface area contributed by atoms with Crippen LogP contribution in [0.2, 0.25) is 0 Å². The van der Waals surface area contributed by atoms with Crippen molar-refractivity contribution in [2.75, 3.05) is 0 Å². The van der Waals surface area contributed by atoms with Crippen molar-refractivity contribution >= 4 is 34.5 Å². The molecular weight excluding hydrogens is 247 g/mol.